The molecular weight excluding hydrogens is 455 g/mol. The molecule has 1 fully saturated rings. The Kier molecular flexibility index (Phi) is 6.21. The highest BCUT2D eigenvalue weighted by Crippen LogP contribution is 2.43. The zero-order valence-corrected chi connectivity index (χ0v) is 18.4. The van der Waals surface area contributed by atoms with Crippen molar-refractivity contribution in [3.05, 3.63) is 92.5 Å². The van der Waals surface area contributed by atoms with Gasteiger partial charge in [-0.1, -0.05) is 35.3 Å². The number of β-lactam (4-membered cyclic amide) rings is 1. The molecule has 0 aliphatic carbocycles. The lowest BCUT2D eigenvalue weighted by molar-refractivity contribution is -0.384. The molecule has 2 atom stereocenters. The lowest BCUT2D eigenvalue weighted by Gasteiger charge is -2.46. The van der Waals surface area contributed by atoms with Crippen LogP contribution in [-0.2, 0) is 4.79 Å². The summed E-state index contributed by atoms with van der Waals surface area (Å²) < 4.78 is 11.5. The zero-order valence-electron chi connectivity index (χ0n) is 16.9. The predicted octanol–water partition coefficient (Wildman–Crippen LogP) is 5.84. The van der Waals surface area contributed by atoms with E-state index in [1.807, 2.05) is 31.2 Å². The first kappa shape index (κ1) is 21.9. The van der Waals surface area contributed by atoms with Gasteiger partial charge >= 0.3 is 0 Å². The molecular formula is C23H18Cl2N2O5. The highest BCUT2D eigenvalue weighted by atomic mass is 35.5. The average molecular weight is 473 g/mol. The number of carbonyl (C=O) groups excluding carboxylic acids is 1. The van der Waals surface area contributed by atoms with Crippen LogP contribution >= 0.6 is 23.2 Å². The van der Waals surface area contributed by atoms with Gasteiger partial charge < -0.3 is 9.47 Å². The molecule has 0 saturated carbocycles. The van der Waals surface area contributed by atoms with Gasteiger partial charge in [-0.15, -0.1) is 0 Å². The van der Waals surface area contributed by atoms with Gasteiger partial charge in [-0.25, -0.2) is 0 Å². The number of nitro benzene ring substituents is 1. The fraction of sp³-hybridized carbons (Fsp3) is 0.174. The quantitative estimate of drug-likeness (QED) is 0.245. The largest absolute Gasteiger partial charge is 0.494 e. The Bertz CT molecular complexity index is 1150. The first-order valence-electron chi connectivity index (χ1n) is 9.81. The first-order valence-corrected chi connectivity index (χ1v) is 10.6. The maximum absolute atomic E-state index is 13.1. The number of anilines is 1. The molecule has 1 aliphatic rings. The van der Waals surface area contributed by atoms with Crippen molar-refractivity contribution in [2.75, 3.05) is 11.5 Å². The van der Waals surface area contributed by atoms with E-state index < -0.39 is 17.1 Å². The van der Waals surface area contributed by atoms with Crippen LogP contribution in [0.1, 0.15) is 18.5 Å². The van der Waals surface area contributed by atoms with Gasteiger partial charge in [0.1, 0.15) is 17.5 Å². The molecule has 0 unspecified atom stereocenters. The summed E-state index contributed by atoms with van der Waals surface area (Å²) >= 11 is 12.2. The zero-order chi connectivity index (χ0) is 22.8. The third-order valence-corrected chi connectivity index (χ3v) is 5.60. The van der Waals surface area contributed by atoms with E-state index in [9.17, 15) is 14.9 Å². The van der Waals surface area contributed by atoms with Gasteiger partial charge in [0.05, 0.1) is 16.6 Å². The number of benzene rings is 3. The number of carbonyl (C=O) groups is 1. The highest BCUT2D eigenvalue weighted by molar-refractivity contribution is 6.35. The van der Waals surface area contributed by atoms with Crippen molar-refractivity contribution in [2.24, 2.45) is 0 Å². The molecule has 3 aromatic carbocycles. The molecule has 1 heterocycles. The van der Waals surface area contributed by atoms with E-state index in [4.69, 9.17) is 32.7 Å². The monoisotopic (exact) mass is 472 g/mol. The summed E-state index contributed by atoms with van der Waals surface area (Å²) in [5.74, 6) is 0.763. The number of halogens is 2. The molecule has 1 amide bonds. The van der Waals surface area contributed by atoms with Crippen molar-refractivity contribution in [1.29, 1.82) is 0 Å². The van der Waals surface area contributed by atoms with E-state index in [-0.39, 0.29) is 11.6 Å². The highest BCUT2D eigenvalue weighted by Gasteiger charge is 2.51. The van der Waals surface area contributed by atoms with Gasteiger partial charge in [-0.3, -0.25) is 19.8 Å². The van der Waals surface area contributed by atoms with E-state index in [0.717, 1.165) is 5.56 Å². The number of rotatable bonds is 7. The van der Waals surface area contributed by atoms with E-state index in [0.29, 0.717) is 33.8 Å². The molecule has 1 aliphatic heterocycles. The molecule has 9 heteroatoms. The summed E-state index contributed by atoms with van der Waals surface area (Å²) in [6, 6.07) is 17.5. The van der Waals surface area contributed by atoms with Crippen LogP contribution in [0, 0.1) is 10.1 Å². The van der Waals surface area contributed by atoms with Crippen LogP contribution in [0.3, 0.4) is 0 Å². The lowest BCUT2D eigenvalue weighted by Crippen LogP contribution is -2.61. The minimum absolute atomic E-state index is 0.0555. The third-order valence-electron chi connectivity index (χ3n) is 5.06. The number of amides is 1. The number of nitro groups is 1. The Hall–Kier alpha value is -3.29. The number of nitrogens with zero attached hydrogens (tertiary/aromatic N) is 2. The summed E-state index contributed by atoms with van der Waals surface area (Å²) in [6.45, 7) is 2.44. The van der Waals surface area contributed by atoms with Gasteiger partial charge in [0, 0.05) is 22.8 Å². The van der Waals surface area contributed by atoms with E-state index in [2.05, 4.69) is 0 Å². The van der Waals surface area contributed by atoms with E-state index in [1.54, 1.807) is 35.2 Å². The summed E-state index contributed by atoms with van der Waals surface area (Å²) in [5.41, 5.74) is 1.29. The van der Waals surface area contributed by atoms with Crippen molar-refractivity contribution in [2.45, 2.75) is 19.1 Å². The smallest absolute Gasteiger partial charge is 0.271 e. The average Bonchev–Trinajstić information content (AvgIpc) is 2.78. The number of ether oxygens (including phenoxy) is 2. The topological polar surface area (TPSA) is 81.9 Å². The molecule has 0 bridgehead atoms. The fourth-order valence-electron chi connectivity index (χ4n) is 3.56. The van der Waals surface area contributed by atoms with Crippen LogP contribution < -0.4 is 14.4 Å². The normalized spacial score (nSPS) is 17.6. The van der Waals surface area contributed by atoms with E-state index in [1.165, 1.54) is 12.1 Å². The second-order valence-corrected chi connectivity index (χ2v) is 7.89. The van der Waals surface area contributed by atoms with Crippen molar-refractivity contribution in [1.82, 2.24) is 0 Å². The van der Waals surface area contributed by atoms with Crippen LogP contribution in [0.2, 0.25) is 10.0 Å². The second-order valence-electron chi connectivity index (χ2n) is 7.04. The van der Waals surface area contributed by atoms with Crippen LogP contribution in [0.4, 0.5) is 11.4 Å². The summed E-state index contributed by atoms with van der Waals surface area (Å²) in [4.78, 5) is 25.1. The maximum Gasteiger partial charge on any atom is 0.271 e. The van der Waals surface area contributed by atoms with Crippen LogP contribution in [0.25, 0.3) is 0 Å². The maximum atomic E-state index is 13.1. The van der Waals surface area contributed by atoms with Gasteiger partial charge in [0.2, 0.25) is 6.10 Å². The Labute approximate surface area is 194 Å². The molecule has 32 heavy (non-hydrogen) atoms. The third kappa shape index (κ3) is 4.22. The minimum atomic E-state index is -0.832. The van der Waals surface area contributed by atoms with Crippen LogP contribution in [0.5, 0.6) is 11.5 Å². The molecule has 3 aromatic rings. The van der Waals surface area contributed by atoms with Crippen molar-refractivity contribution < 1.29 is 19.2 Å². The van der Waals surface area contributed by atoms with Crippen molar-refractivity contribution >= 4 is 40.5 Å². The Morgan fingerprint density at radius 3 is 2.31 bits per heavy atom. The van der Waals surface area contributed by atoms with Crippen molar-refractivity contribution in [3.8, 4) is 11.5 Å². The number of hydrogen-bond donors (Lipinski definition) is 0. The van der Waals surface area contributed by atoms with E-state index >= 15 is 0 Å². The van der Waals surface area contributed by atoms with Gasteiger partial charge in [0.25, 0.3) is 11.6 Å². The first-order chi connectivity index (χ1) is 15.4. The Morgan fingerprint density at radius 1 is 1.03 bits per heavy atom. The van der Waals surface area contributed by atoms with Crippen LogP contribution in [-0.4, -0.2) is 23.5 Å². The second kappa shape index (κ2) is 9.06. The predicted molar refractivity (Wildman–Crippen MR) is 122 cm³/mol. The molecule has 164 valence electrons. The minimum Gasteiger partial charge on any atom is -0.494 e. The number of hydrogen-bond acceptors (Lipinski definition) is 5. The standard InChI is InChI=1S/C23H18Cl2N2O5/c1-2-31-18-10-3-14(4-11-18)21-22(32-20-12-5-15(24)13-19(20)25)23(28)26(21)16-6-8-17(9-7-16)27(29)30/h3-13,21-22H,2H2,1H3/t21-,22+/m1/s1. The Balaban J connectivity index is 1.67. The van der Waals surface area contributed by atoms with Gasteiger partial charge in [0.15, 0.2) is 0 Å². The molecule has 0 aromatic heterocycles. The van der Waals surface area contributed by atoms with Crippen molar-refractivity contribution in [3.63, 3.8) is 0 Å². The van der Waals surface area contributed by atoms with Crippen LogP contribution in [0.15, 0.2) is 66.7 Å². The molecule has 1 saturated heterocycles. The lowest BCUT2D eigenvalue weighted by atomic mass is 9.89. The summed E-state index contributed by atoms with van der Waals surface area (Å²) in [7, 11) is 0. The Morgan fingerprint density at radius 2 is 1.72 bits per heavy atom. The molecule has 4 rings (SSSR count). The molecule has 0 N–H and O–H groups in total. The molecule has 0 spiro atoms. The summed E-state index contributed by atoms with van der Waals surface area (Å²) in [5, 5.41) is 11.7. The number of non-ortho nitro benzene ring substituents is 1. The summed E-state index contributed by atoms with van der Waals surface area (Å²) in [6.07, 6.45) is -0.832. The molecule has 7 nitrogen and oxygen atoms in total. The van der Waals surface area contributed by atoms with Gasteiger partial charge in [-0.05, 0) is 55.0 Å². The fourth-order valence-corrected chi connectivity index (χ4v) is 4.01. The molecule has 0 radical (unpaired) electrons. The van der Waals surface area contributed by atoms with Gasteiger partial charge in [-0.2, -0.15) is 0 Å². The SMILES string of the molecule is CCOc1ccc([C@@H]2[C@H](Oc3ccc(Cl)cc3Cl)C(=O)N2c2ccc([N+](=O)[O-])cc2)cc1.